The fourth-order valence-electron chi connectivity index (χ4n) is 4.35. The number of benzene rings is 2. The van der Waals surface area contributed by atoms with Gasteiger partial charge in [-0.15, -0.1) is 0 Å². The molecule has 4 rings (SSSR count). The number of nitrogens with one attached hydrogen (secondary N) is 2. The highest BCUT2D eigenvalue weighted by atomic mass is 16.5. The van der Waals surface area contributed by atoms with Crippen LogP contribution < -0.4 is 10.6 Å². The zero-order valence-corrected chi connectivity index (χ0v) is 17.9. The van der Waals surface area contributed by atoms with E-state index in [1.165, 1.54) is 0 Å². The average molecular weight is 454 g/mol. The molecule has 1 aliphatic heterocycles. The number of aliphatic hydroxyl groups excluding tert-OH is 1. The van der Waals surface area contributed by atoms with Crippen molar-refractivity contribution in [3.63, 3.8) is 0 Å². The van der Waals surface area contributed by atoms with Gasteiger partial charge in [0.25, 0.3) is 0 Å². The predicted octanol–water partition coefficient (Wildman–Crippen LogP) is 1.49. The van der Waals surface area contributed by atoms with Crippen LogP contribution in [0.3, 0.4) is 0 Å². The zero-order chi connectivity index (χ0) is 23.4. The molecule has 0 radical (unpaired) electrons. The molecule has 0 saturated carbocycles. The molecule has 33 heavy (non-hydrogen) atoms. The summed E-state index contributed by atoms with van der Waals surface area (Å²) in [5.74, 6) is -2.39. The maximum Gasteiger partial charge on any atom is 0.407 e. The molecule has 1 aliphatic carbocycles. The van der Waals surface area contributed by atoms with E-state index in [2.05, 4.69) is 22.8 Å². The Kier molecular flexibility index (Phi) is 6.90. The molecular weight excluding hydrogens is 428 g/mol. The van der Waals surface area contributed by atoms with Crippen molar-refractivity contribution in [3.05, 3.63) is 59.7 Å². The quantitative estimate of drug-likeness (QED) is 0.475. The van der Waals surface area contributed by atoms with E-state index in [9.17, 15) is 14.4 Å². The monoisotopic (exact) mass is 454 g/mol. The number of fused-ring (bicyclic) bond motifs is 3. The summed E-state index contributed by atoms with van der Waals surface area (Å²) in [4.78, 5) is 35.4. The first-order valence-electron chi connectivity index (χ1n) is 10.8. The molecule has 9 nitrogen and oxygen atoms in total. The van der Waals surface area contributed by atoms with E-state index in [1.807, 2.05) is 36.4 Å². The molecule has 3 atom stereocenters. The van der Waals surface area contributed by atoms with E-state index in [0.717, 1.165) is 22.3 Å². The molecule has 2 aliphatic rings. The number of carboxylic acid groups (broad SMARTS) is 1. The standard InChI is InChI=1S/C24H26N2O7/c27-11-21(23(29)30)26-22(28)14-9-15(32-12-14)10-25-24(31)33-13-20-18-7-3-1-5-16(18)17-6-2-4-8-19(17)20/h1-8,14-15,20-21,27H,9-13H2,(H,25,31)(H,26,28)(H,29,30)/t14?,15?,21-/m0/s1. The van der Waals surface area contributed by atoms with E-state index in [1.54, 1.807) is 0 Å². The molecule has 2 aromatic rings. The largest absolute Gasteiger partial charge is 0.480 e. The lowest BCUT2D eigenvalue weighted by atomic mass is 9.98. The summed E-state index contributed by atoms with van der Waals surface area (Å²) < 4.78 is 11.0. The number of amides is 2. The van der Waals surface area contributed by atoms with Crippen molar-refractivity contribution in [3.8, 4) is 11.1 Å². The van der Waals surface area contributed by atoms with Crippen molar-refractivity contribution in [2.45, 2.75) is 24.5 Å². The minimum Gasteiger partial charge on any atom is -0.480 e. The molecule has 2 unspecified atom stereocenters. The predicted molar refractivity (Wildman–Crippen MR) is 118 cm³/mol. The fourth-order valence-corrected chi connectivity index (χ4v) is 4.35. The number of carbonyl (C=O) groups excluding carboxylic acids is 2. The molecule has 1 fully saturated rings. The molecule has 4 N–H and O–H groups in total. The van der Waals surface area contributed by atoms with Crippen LogP contribution in [0.15, 0.2) is 48.5 Å². The number of rotatable bonds is 8. The first-order valence-corrected chi connectivity index (χ1v) is 10.8. The molecule has 0 bridgehead atoms. The Balaban J connectivity index is 1.25. The highest BCUT2D eigenvalue weighted by Crippen LogP contribution is 2.44. The number of carbonyl (C=O) groups is 3. The Morgan fingerprint density at radius 2 is 1.70 bits per heavy atom. The maximum absolute atomic E-state index is 12.3. The van der Waals surface area contributed by atoms with Crippen LogP contribution in [0.4, 0.5) is 4.79 Å². The third-order valence-corrected chi connectivity index (χ3v) is 6.07. The maximum atomic E-state index is 12.3. The van der Waals surface area contributed by atoms with Crippen LogP contribution >= 0.6 is 0 Å². The van der Waals surface area contributed by atoms with Gasteiger partial charge in [0.2, 0.25) is 5.91 Å². The van der Waals surface area contributed by atoms with Gasteiger partial charge in [0.1, 0.15) is 12.6 Å². The van der Waals surface area contributed by atoms with Crippen LogP contribution in [-0.2, 0) is 19.1 Å². The van der Waals surface area contributed by atoms with E-state index in [4.69, 9.17) is 19.7 Å². The summed E-state index contributed by atoms with van der Waals surface area (Å²) in [6, 6.07) is 14.8. The van der Waals surface area contributed by atoms with Gasteiger partial charge in [0.15, 0.2) is 0 Å². The Bertz CT molecular complexity index is 995. The Morgan fingerprint density at radius 1 is 1.06 bits per heavy atom. The highest BCUT2D eigenvalue weighted by Gasteiger charge is 2.33. The highest BCUT2D eigenvalue weighted by molar-refractivity contribution is 5.85. The number of alkyl carbamates (subject to hydrolysis) is 1. The normalized spacial score (nSPS) is 19.9. The number of carboxylic acids is 1. The van der Waals surface area contributed by atoms with Gasteiger partial charge in [-0.1, -0.05) is 48.5 Å². The second-order valence-electron chi connectivity index (χ2n) is 8.18. The van der Waals surface area contributed by atoms with Crippen LogP contribution in [0.5, 0.6) is 0 Å². The van der Waals surface area contributed by atoms with Gasteiger partial charge in [0, 0.05) is 12.5 Å². The third-order valence-electron chi connectivity index (χ3n) is 6.07. The summed E-state index contributed by atoms with van der Waals surface area (Å²) in [6.07, 6.45) is -0.633. The van der Waals surface area contributed by atoms with E-state index in [0.29, 0.717) is 6.42 Å². The van der Waals surface area contributed by atoms with Crippen LogP contribution in [0, 0.1) is 5.92 Å². The first kappa shape index (κ1) is 22.8. The lowest BCUT2D eigenvalue weighted by Gasteiger charge is -2.16. The topological polar surface area (TPSA) is 134 Å². The second kappa shape index (κ2) is 10.0. The number of ether oxygens (including phenoxy) is 2. The Morgan fingerprint density at radius 3 is 2.30 bits per heavy atom. The van der Waals surface area contributed by atoms with E-state index < -0.39 is 42.6 Å². The van der Waals surface area contributed by atoms with Crippen LogP contribution in [0.2, 0.25) is 0 Å². The van der Waals surface area contributed by atoms with Crippen molar-refractivity contribution >= 4 is 18.0 Å². The summed E-state index contributed by atoms with van der Waals surface area (Å²) in [6.45, 7) is -0.209. The van der Waals surface area contributed by atoms with Crippen LogP contribution in [-0.4, -0.2) is 66.7 Å². The minimum absolute atomic E-state index is 0.0346. The van der Waals surface area contributed by atoms with E-state index in [-0.39, 0.29) is 25.7 Å². The fraction of sp³-hybridized carbons (Fsp3) is 0.375. The van der Waals surface area contributed by atoms with E-state index >= 15 is 0 Å². The Labute approximate surface area is 190 Å². The van der Waals surface area contributed by atoms with Crippen molar-refractivity contribution < 1.29 is 34.1 Å². The molecule has 9 heteroatoms. The summed E-state index contributed by atoms with van der Waals surface area (Å²) in [5.41, 5.74) is 4.55. The first-order chi connectivity index (χ1) is 16.0. The molecule has 174 valence electrons. The van der Waals surface area contributed by atoms with Gasteiger partial charge < -0.3 is 30.3 Å². The van der Waals surface area contributed by atoms with Gasteiger partial charge in [-0.05, 0) is 28.7 Å². The number of hydrogen-bond acceptors (Lipinski definition) is 6. The average Bonchev–Trinajstić information content (AvgIpc) is 3.42. The third kappa shape index (κ3) is 4.99. The minimum atomic E-state index is -1.35. The molecular formula is C24H26N2O7. The molecule has 0 spiro atoms. The smallest absolute Gasteiger partial charge is 0.407 e. The summed E-state index contributed by atoms with van der Waals surface area (Å²) >= 11 is 0. The number of aliphatic carboxylic acids is 1. The zero-order valence-electron chi connectivity index (χ0n) is 17.9. The van der Waals surface area contributed by atoms with Crippen molar-refractivity contribution in [2.24, 2.45) is 5.92 Å². The number of hydrogen-bond donors (Lipinski definition) is 4. The Hall–Kier alpha value is -3.43. The van der Waals surface area contributed by atoms with Crippen molar-refractivity contribution in [1.82, 2.24) is 10.6 Å². The van der Waals surface area contributed by atoms with Gasteiger partial charge in [-0.2, -0.15) is 0 Å². The van der Waals surface area contributed by atoms with Gasteiger partial charge in [-0.25, -0.2) is 9.59 Å². The van der Waals surface area contributed by atoms with Crippen molar-refractivity contribution in [2.75, 3.05) is 26.4 Å². The summed E-state index contributed by atoms with van der Waals surface area (Å²) in [5, 5.41) is 22.9. The SMILES string of the molecule is O=C(NCC1CC(C(=O)N[C@@H](CO)C(=O)O)CO1)OCC1c2ccccc2-c2ccccc21. The number of aliphatic hydroxyl groups is 1. The molecule has 1 saturated heterocycles. The lowest BCUT2D eigenvalue weighted by molar-refractivity contribution is -0.143. The molecule has 1 heterocycles. The van der Waals surface area contributed by atoms with Gasteiger partial charge in [-0.3, -0.25) is 4.79 Å². The summed E-state index contributed by atoms with van der Waals surface area (Å²) in [7, 11) is 0. The molecule has 2 amide bonds. The van der Waals surface area contributed by atoms with Crippen LogP contribution in [0.25, 0.3) is 11.1 Å². The van der Waals surface area contributed by atoms with Gasteiger partial charge in [0.05, 0.1) is 25.2 Å². The van der Waals surface area contributed by atoms with Gasteiger partial charge >= 0.3 is 12.1 Å². The second-order valence-corrected chi connectivity index (χ2v) is 8.18. The lowest BCUT2D eigenvalue weighted by Crippen LogP contribution is -2.46. The molecule has 2 aromatic carbocycles. The van der Waals surface area contributed by atoms with Crippen LogP contribution in [0.1, 0.15) is 23.5 Å². The molecule has 0 aromatic heterocycles. The van der Waals surface area contributed by atoms with Crippen molar-refractivity contribution in [1.29, 1.82) is 0 Å².